The minimum atomic E-state index is -4.08. The van der Waals surface area contributed by atoms with Crippen LogP contribution in [0.1, 0.15) is 12.5 Å². The van der Waals surface area contributed by atoms with Crippen LogP contribution in [-0.4, -0.2) is 37.1 Å². The summed E-state index contributed by atoms with van der Waals surface area (Å²) >= 11 is 0. The van der Waals surface area contributed by atoms with E-state index in [2.05, 4.69) is 4.72 Å². The molecule has 112 valence electrons. The molecule has 20 heavy (non-hydrogen) atoms. The van der Waals surface area contributed by atoms with Crippen molar-refractivity contribution in [2.75, 3.05) is 6.54 Å². The van der Waals surface area contributed by atoms with Crippen LogP contribution in [0.15, 0.2) is 23.1 Å². The van der Waals surface area contributed by atoms with Gasteiger partial charge in [-0.2, -0.15) is 0 Å². The van der Waals surface area contributed by atoms with Crippen LogP contribution in [0.4, 0.5) is 5.69 Å². The van der Waals surface area contributed by atoms with Gasteiger partial charge >= 0.3 is 0 Å². The Hall–Kier alpha value is -1.55. The number of nitro benzene ring substituents is 1. The van der Waals surface area contributed by atoms with E-state index in [1.807, 2.05) is 0 Å². The maximum atomic E-state index is 12.2. The molecule has 0 spiro atoms. The summed E-state index contributed by atoms with van der Waals surface area (Å²) in [5, 5.41) is 20.1. The fourth-order valence-corrected chi connectivity index (χ4v) is 3.05. The average molecular weight is 303 g/mol. The first-order chi connectivity index (χ1) is 9.16. The van der Waals surface area contributed by atoms with E-state index in [1.165, 1.54) is 26.0 Å². The molecular formula is C11H17N3O5S. The minimum Gasteiger partial charge on any atom is -0.392 e. The van der Waals surface area contributed by atoms with Crippen LogP contribution in [0.2, 0.25) is 0 Å². The van der Waals surface area contributed by atoms with Gasteiger partial charge in [0.05, 0.1) is 11.0 Å². The Morgan fingerprint density at radius 3 is 2.60 bits per heavy atom. The molecule has 0 aliphatic carbocycles. The molecule has 4 N–H and O–H groups in total. The van der Waals surface area contributed by atoms with E-state index in [1.54, 1.807) is 0 Å². The standard InChI is InChI=1S/C11H17N3O5S/c1-7-4-3-5-10(14(16)17)11(7)20(18,19)13-6-9(12)8(2)15/h3-5,8-9,13,15H,6,12H2,1-2H3. The maximum Gasteiger partial charge on any atom is 0.289 e. The number of nitrogens with two attached hydrogens (primary N) is 1. The molecule has 0 saturated carbocycles. The molecule has 0 aromatic heterocycles. The molecule has 2 atom stereocenters. The summed E-state index contributed by atoms with van der Waals surface area (Å²) in [6, 6.07) is 3.20. The summed E-state index contributed by atoms with van der Waals surface area (Å²) in [4.78, 5) is 9.78. The van der Waals surface area contributed by atoms with Crippen LogP contribution >= 0.6 is 0 Å². The summed E-state index contributed by atoms with van der Waals surface area (Å²) < 4.78 is 26.5. The second-order valence-electron chi connectivity index (χ2n) is 4.44. The predicted octanol–water partition coefficient (Wildman–Crippen LogP) is -0.110. The Labute approximate surface area is 116 Å². The normalized spacial score (nSPS) is 14.8. The molecule has 0 radical (unpaired) electrons. The lowest BCUT2D eigenvalue weighted by atomic mass is 10.2. The van der Waals surface area contributed by atoms with Crippen molar-refractivity contribution in [3.63, 3.8) is 0 Å². The summed E-state index contributed by atoms with van der Waals surface area (Å²) in [6.45, 7) is 2.68. The molecule has 8 nitrogen and oxygen atoms in total. The minimum absolute atomic E-state index is 0.217. The lowest BCUT2D eigenvalue weighted by Gasteiger charge is -2.16. The molecule has 1 rings (SSSR count). The molecule has 0 saturated heterocycles. The monoisotopic (exact) mass is 303 g/mol. The molecule has 0 heterocycles. The number of benzene rings is 1. The molecule has 0 aliphatic heterocycles. The van der Waals surface area contributed by atoms with Crippen molar-refractivity contribution in [3.05, 3.63) is 33.9 Å². The van der Waals surface area contributed by atoms with Crippen molar-refractivity contribution < 1.29 is 18.4 Å². The predicted molar refractivity (Wildman–Crippen MR) is 72.7 cm³/mol. The Bertz CT molecular complexity index is 600. The maximum absolute atomic E-state index is 12.2. The first kappa shape index (κ1) is 16.5. The second-order valence-corrected chi connectivity index (χ2v) is 6.14. The van der Waals surface area contributed by atoms with Crippen LogP contribution in [0.25, 0.3) is 0 Å². The molecule has 1 aromatic rings. The molecule has 1 aromatic carbocycles. The molecule has 0 fully saturated rings. The third kappa shape index (κ3) is 3.73. The van der Waals surface area contributed by atoms with Crippen molar-refractivity contribution in [1.82, 2.24) is 4.72 Å². The van der Waals surface area contributed by atoms with Crippen LogP contribution in [0, 0.1) is 17.0 Å². The van der Waals surface area contributed by atoms with E-state index in [0.29, 0.717) is 0 Å². The van der Waals surface area contributed by atoms with Crippen LogP contribution in [0.3, 0.4) is 0 Å². The molecule has 9 heteroatoms. The first-order valence-corrected chi connectivity index (χ1v) is 7.32. The van der Waals surface area contributed by atoms with E-state index in [0.717, 1.165) is 6.07 Å². The smallest absolute Gasteiger partial charge is 0.289 e. The average Bonchev–Trinajstić information content (AvgIpc) is 2.35. The van der Waals surface area contributed by atoms with Crippen LogP contribution in [0.5, 0.6) is 0 Å². The number of rotatable bonds is 6. The van der Waals surface area contributed by atoms with Gasteiger partial charge in [0.1, 0.15) is 0 Å². The fourth-order valence-electron chi connectivity index (χ4n) is 1.58. The highest BCUT2D eigenvalue weighted by Crippen LogP contribution is 2.26. The van der Waals surface area contributed by atoms with Crippen molar-refractivity contribution in [2.24, 2.45) is 5.73 Å². The van der Waals surface area contributed by atoms with Gasteiger partial charge in [0.25, 0.3) is 5.69 Å². The van der Waals surface area contributed by atoms with E-state index in [9.17, 15) is 23.6 Å². The number of nitro groups is 1. The molecule has 0 amide bonds. The van der Waals surface area contributed by atoms with Crippen LogP contribution in [-0.2, 0) is 10.0 Å². The number of hydrogen-bond donors (Lipinski definition) is 3. The van der Waals surface area contributed by atoms with E-state index in [4.69, 9.17) is 5.73 Å². The number of nitrogens with one attached hydrogen (secondary N) is 1. The highest BCUT2D eigenvalue weighted by atomic mass is 32.2. The third-order valence-electron chi connectivity index (χ3n) is 2.79. The summed E-state index contributed by atoms with van der Waals surface area (Å²) in [6.07, 6.45) is -0.899. The third-order valence-corrected chi connectivity index (χ3v) is 4.40. The second kappa shape index (κ2) is 6.27. The van der Waals surface area contributed by atoms with E-state index < -0.39 is 32.8 Å². The summed E-state index contributed by atoms with van der Waals surface area (Å²) in [5.74, 6) is 0. The SMILES string of the molecule is Cc1cccc([N+](=O)[O-])c1S(=O)(=O)NCC(N)C(C)O. The Morgan fingerprint density at radius 2 is 2.10 bits per heavy atom. The lowest BCUT2D eigenvalue weighted by molar-refractivity contribution is -0.387. The van der Waals surface area contributed by atoms with Crippen molar-refractivity contribution in [2.45, 2.75) is 30.9 Å². The van der Waals surface area contributed by atoms with Crippen molar-refractivity contribution in [1.29, 1.82) is 0 Å². The molecular weight excluding hydrogens is 286 g/mol. The van der Waals surface area contributed by atoms with Crippen molar-refractivity contribution >= 4 is 15.7 Å². The number of nitrogens with zero attached hydrogens (tertiary/aromatic N) is 1. The molecule has 2 unspecified atom stereocenters. The van der Waals surface area contributed by atoms with Gasteiger partial charge in [-0.25, -0.2) is 13.1 Å². The highest BCUT2D eigenvalue weighted by molar-refractivity contribution is 7.89. The topological polar surface area (TPSA) is 136 Å². The zero-order valence-corrected chi connectivity index (χ0v) is 11.9. The van der Waals surface area contributed by atoms with Crippen molar-refractivity contribution in [3.8, 4) is 0 Å². The summed E-state index contributed by atoms with van der Waals surface area (Å²) in [7, 11) is -4.08. The first-order valence-electron chi connectivity index (χ1n) is 5.84. The summed E-state index contributed by atoms with van der Waals surface area (Å²) in [5.41, 5.74) is 5.29. The van der Waals surface area contributed by atoms with Gasteiger partial charge in [0.15, 0.2) is 4.90 Å². The van der Waals surface area contributed by atoms with E-state index in [-0.39, 0.29) is 17.0 Å². The number of aliphatic hydroxyl groups excluding tert-OH is 1. The van der Waals surface area contributed by atoms with Gasteiger partial charge in [-0.3, -0.25) is 10.1 Å². The number of aryl methyl sites for hydroxylation is 1. The lowest BCUT2D eigenvalue weighted by Crippen LogP contribution is -2.43. The highest BCUT2D eigenvalue weighted by Gasteiger charge is 2.28. The number of hydrogen-bond acceptors (Lipinski definition) is 6. The quantitative estimate of drug-likeness (QED) is 0.495. The largest absolute Gasteiger partial charge is 0.392 e. The zero-order valence-electron chi connectivity index (χ0n) is 11.1. The van der Waals surface area contributed by atoms with Gasteiger partial charge in [-0.15, -0.1) is 0 Å². The Balaban J connectivity index is 3.13. The Morgan fingerprint density at radius 1 is 1.50 bits per heavy atom. The Kier molecular flexibility index (Phi) is 5.17. The van der Waals surface area contributed by atoms with Gasteiger partial charge < -0.3 is 10.8 Å². The van der Waals surface area contributed by atoms with Gasteiger partial charge in [-0.05, 0) is 19.4 Å². The molecule has 0 aliphatic rings. The van der Waals surface area contributed by atoms with Gasteiger partial charge in [0.2, 0.25) is 10.0 Å². The van der Waals surface area contributed by atoms with E-state index >= 15 is 0 Å². The van der Waals surface area contributed by atoms with Gasteiger partial charge in [-0.1, -0.05) is 12.1 Å². The van der Waals surface area contributed by atoms with Crippen LogP contribution < -0.4 is 10.5 Å². The zero-order chi connectivity index (χ0) is 15.5. The number of sulfonamides is 1. The fraction of sp³-hybridized carbons (Fsp3) is 0.455. The molecule has 0 bridgehead atoms. The number of aliphatic hydroxyl groups is 1. The van der Waals surface area contributed by atoms with Gasteiger partial charge in [0, 0.05) is 18.7 Å².